The van der Waals surface area contributed by atoms with E-state index in [-0.39, 0.29) is 30.8 Å². The Morgan fingerprint density at radius 1 is 1.03 bits per heavy atom. The molecule has 0 bridgehead atoms. The van der Waals surface area contributed by atoms with E-state index in [4.69, 9.17) is 4.74 Å². The molecule has 0 spiro atoms. The van der Waals surface area contributed by atoms with Crippen molar-refractivity contribution in [2.45, 2.75) is 25.8 Å². The summed E-state index contributed by atoms with van der Waals surface area (Å²) >= 11 is 0. The second-order valence-corrected chi connectivity index (χ2v) is 8.11. The molecule has 0 saturated carbocycles. The number of nitrogens with zero attached hydrogens (tertiary/aromatic N) is 3. The molecular weight excluding hydrogens is 421 g/mol. The van der Waals surface area contributed by atoms with E-state index in [1.807, 2.05) is 49.5 Å². The van der Waals surface area contributed by atoms with E-state index < -0.39 is 6.04 Å². The van der Waals surface area contributed by atoms with Gasteiger partial charge in [-0.1, -0.05) is 37.6 Å². The van der Waals surface area contributed by atoms with Crippen molar-refractivity contribution in [1.29, 1.82) is 0 Å². The van der Waals surface area contributed by atoms with Gasteiger partial charge in [-0.2, -0.15) is 0 Å². The first-order valence-corrected chi connectivity index (χ1v) is 11.2. The molecule has 0 radical (unpaired) electrons. The van der Waals surface area contributed by atoms with Gasteiger partial charge < -0.3 is 14.2 Å². The van der Waals surface area contributed by atoms with Gasteiger partial charge in [0.1, 0.15) is 25.0 Å². The number of carbonyl (C=O) groups is 2. The Hall–Kier alpha value is -3.45. The Morgan fingerprint density at radius 3 is 2.45 bits per heavy atom. The summed E-state index contributed by atoms with van der Waals surface area (Å²) in [5.74, 6) is -0.754. The molecule has 172 valence electrons. The molecule has 2 heterocycles. The predicted octanol–water partition coefficient (Wildman–Crippen LogP) is 4.33. The molecule has 0 fully saturated rings. The molecule has 0 N–H and O–H groups in total. The van der Waals surface area contributed by atoms with Crippen molar-refractivity contribution in [2.24, 2.45) is 0 Å². The molecule has 1 atom stereocenters. The van der Waals surface area contributed by atoms with Crippen LogP contribution in [0, 0.1) is 5.82 Å². The van der Waals surface area contributed by atoms with E-state index in [9.17, 15) is 14.0 Å². The Bertz CT molecular complexity index is 1130. The fourth-order valence-electron chi connectivity index (χ4n) is 4.32. The molecule has 6 nitrogen and oxygen atoms in total. The number of fused-ring (bicyclic) bond motifs is 3. The number of methoxy groups -OCH3 is 1. The van der Waals surface area contributed by atoms with Gasteiger partial charge in [-0.05, 0) is 48.4 Å². The number of para-hydroxylation sites is 2. The number of halogens is 1. The largest absolute Gasteiger partial charge is 0.375 e. The lowest BCUT2D eigenvalue weighted by Gasteiger charge is -2.39. The highest BCUT2D eigenvalue weighted by atomic mass is 19.1. The molecule has 1 aliphatic heterocycles. The molecule has 4 rings (SSSR count). The normalized spacial score (nSPS) is 14.5. The summed E-state index contributed by atoms with van der Waals surface area (Å²) < 4.78 is 20.8. The number of unbranched alkanes of at least 4 members (excludes halogenated alkanes) is 1. The number of rotatable bonds is 8. The Balaban J connectivity index is 1.76. The molecule has 2 aromatic carbocycles. The average molecular weight is 450 g/mol. The fraction of sp³-hybridized carbons (Fsp3) is 0.308. The van der Waals surface area contributed by atoms with Crippen LogP contribution in [-0.2, 0) is 14.3 Å². The van der Waals surface area contributed by atoms with Gasteiger partial charge in [0.25, 0.3) is 0 Å². The average Bonchev–Trinajstić information content (AvgIpc) is 3.31. The number of ether oxygens (including phenoxy) is 1. The minimum Gasteiger partial charge on any atom is -0.375 e. The maximum Gasteiger partial charge on any atom is 0.249 e. The minimum absolute atomic E-state index is 0.0606. The SMILES string of the molecule is CCCCN(CC(=O)N1c2ccccc2-n2cccc2C1c1ccc(F)cc1)C(=O)COC. The summed E-state index contributed by atoms with van der Waals surface area (Å²) in [5, 5.41) is 0. The summed E-state index contributed by atoms with van der Waals surface area (Å²) in [6, 6.07) is 17.4. The van der Waals surface area contributed by atoms with Crippen LogP contribution >= 0.6 is 0 Å². The van der Waals surface area contributed by atoms with Crippen molar-refractivity contribution in [3.05, 3.63) is 83.9 Å². The lowest BCUT2D eigenvalue weighted by Crippen LogP contribution is -2.47. The summed E-state index contributed by atoms with van der Waals surface area (Å²) in [5.41, 5.74) is 3.32. The smallest absolute Gasteiger partial charge is 0.249 e. The van der Waals surface area contributed by atoms with Gasteiger partial charge in [0.2, 0.25) is 11.8 Å². The molecule has 1 aromatic heterocycles. The molecule has 33 heavy (non-hydrogen) atoms. The number of carbonyl (C=O) groups excluding carboxylic acids is 2. The van der Waals surface area contributed by atoms with Crippen molar-refractivity contribution in [3.63, 3.8) is 0 Å². The number of benzene rings is 2. The highest BCUT2D eigenvalue weighted by Crippen LogP contribution is 2.42. The predicted molar refractivity (Wildman–Crippen MR) is 125 cm³/mol. The molecule has 2 amide bonds. The molecule has 7 heteroatoms. The van der Waals surface area contributed by atoms with Gasteiger partial charge >= 0.3 is 0 Å². The van der Waals surface area contributed by atoms with Gasteiger partial charge in [-0.15, -0.1) is 0 Å². The van der Waals surface area contributed by atoms with E-state index in [1.54, 1.807) is 21.9 Å². The van der Waals surface area contributed by atoms with Crippen LogP contribution in [0.25, 0.3) is 5.69 Å². The lowest BCUT2D eigenvalue weighted by molar-refractivity contribution is -0.138. The van der Waals surface area contributed by atoms with E-state index in [0.717, 1.165) is 35.5 Å². The Kier molecular flexibility index (Phi) is 6.89. The third kappa shape index (κ3) is 4.54. The molecular formula is C26H28FN3O3. The summed E-state index contributed by atoms with van der Waals surface area (Å²) in [7, 11) is 1.47. The number of anilines is 1. The maximum atomic E-state index is 13.8. The first kappa shape index (κ1) is 22.7. The number of aromatic nitrogens is 1. The highest BCUT2D eigenvalue weighted by Gasteiger charge is 2.36. The zero-order chi connectivity index (χ0) is 23.4. The zero-order valence-electron chi connectivity index (χ0n) is 18.9. The van der Waals surface area contributed by atoms with Crippen molar-refractivity contribution in [3.8, 4) is 5.69 Å². The minimum atomic E-state index is -0.450. The monoisotopic (exact) mass is 449 g/mol. The number of amides is 2. The maximum absolute atomic E-state index is 13.8. The van der Waals surface area contributed by atoms with Crippen LogP contribution in [0.15, 0.2) is 66.9 Å². The van der Waals surface area contributed by atoms with Gasteiger partial charge in [0.05, 0.1) is 17.1 Å². The van der Waals surface area contributed by atoms with Gasteiger partial charge in [0, 0.05) is 19.9 Å². The van der Waals surface area contributed by atoms with E-state index in [1.165, 1.54) is 19.2 Å². The Labute approximate surface area is 193 Å². The lowest BCUT2D eigenvalue weighted by atomic mass is 9.97. The van der Waals surface area contributed by atoms with Crippen LogP contribution in [0.1, 0.15) is 37.1 Å². The third-order valence-corrected chi connectivity index (χ3v) is 5.90. The molecule has 0 aliphatic carbocycles. The van der Waals surface area contributed by atoms with Crippen LogP contribution in [0.2, 0.25) is 0 Å². The summed E-state index contributed by atoms with van der Waals surface area (Å²) in [6.45, 7) is 2.39. The van der Waals surface area contributed by atoms with Crippen LogP contribution in [0.5, 0.6) is 0 Å². The van der Waals surface area contributed by atoms with Crippen LogP contribution < -0.4 is 4.90 Å². The van der Waals surface area contributed by atoms with Crippen LogP contribution in [-0.4, -0.2) is 48.1 Å². The highest BCUT2D eigenvalue weighted by molar-refractivity contribution is 6.00. The first-order chi connectivity index (χ1) is 16.0. The first-order valence-electron chi connectivity index (χ1n) is 11.2. The molecule has 3 aromatic rings. The van der Waals surface area contributed by atoms with E-state index in [0.29, 0.717) is 6.54 Å². The number of hydrogen-bond acceptors (Lipinski definition) is 3. The van der Waals surface area contributed by atoms with Crippen molar-refractivity contribution in [1.82, 2.24) is 9.47 Å². The van der Waals surface area contributed by atoms with E-state index in [2.05, 4.69) is 4.57 Å². The fourth-order valence-corrected chi connectivity index (χ4v) is 4.32. The quantitative estimate of drug-likeness (QED) is 0.515. The third-order valence-electron chi connectivity index (χ3n) is 5.90. The second kappa shape index (κ2) is 10.0. The van der Waals surface area contributed by atoms with Crippen molar-refractivity contribution >= 4 is 17.5 Å². The van der Waals surface area contributed by atoms with E-state index >= 15 is 0 Å². The van der Waals surface area contributed by atoms with Crippen molar-refractivity contribution < 1.29 is 18.7 Å². The molecule has 1 unspecified atom stereocenters. The number of hydrogen-bond donors (Lipinski definition) is 0. The van der Waals surface area contributed by atoms with Gasteiger partial charge in [-0.3, -0.25) is 14.5 Å². The summed E-state index contributed by atoms with van der Waals surface area (Å²) in [6.07, 6.45) is 3.66. The standard InChI is InChI=1S/C26H28FN3O3/c1-3-4-15-28(25(32)18-33-2)17-24(31)30-22-9-6-5-8-21(22)29-16-7-10-23(29)26(30)19-11-13-20(27)14-12-19/h5-14,16,26H,3-4,15,17-18H2,1-2H3. The van der Waals surface area contributed by atoms with Crippen LogP contribution in [0.4, 0.5) is 10.1 Å². The van der Waals surface area contributed by atoms with Crippen LogP contribution in [0.3, 0.4) is 0 Å². The van der Waals surface area contributed by atoms with Gasteiger partial charge in [-0.25, -0.2) is 4.39 Å². The topological polar surface area (TPSA) is 54.8 Å². The van der Waals surface area contributed by atoms with Crippen molar-refractivity contribution in [2.75, 3.05) is 31.7 Å². The van der Waals surface area contributed by atoms with Gasteiger partial charge in [0.15, 0.2) is 0 Å². The summed E-state index contributed by atoms with van der Waals surface area (Å²) in [4.78, 5) is 29.8. The second-order valence-electron chi connectivity index (χ2n) is 8.11. The molecule has 1 aliphatic rings. The molecule has 0 saturated heterocycles. The zero-order valence-corrected chi connectivity index (χ0v) is 18.9. The Morgan fingerprint density at radius 2 is 1.76 bits per heavy atom.